The van der Waals surface area contributed by atoms with Crippen LogP contribution in [0.15, 0.2) is 24.3 Å². The van der Waals surface area contributed by atoms with Gasteiger partial charge in [0.25, 0.3) is 0 Å². The van der Waals surface area contributed by atoms with Crippen LogP contribution in [-0.4, -0.2) is 11.9 Å². The van der Waals surface area contributed by atoms with E-state index in [0.717, 1.165) is 42.7 Å². The molecular formula is C16H20ClNO. The molecule has 1 N–H and O–H groups in total. The zero-order chi connectivity index (χ0) is 13.3. The van der Waals surface area contributed by atoms with Gasteiger partial charge in [0, 0.05) is 11.1 Å². The molecule has 1 aromatic rings. The normalized spacial score (nSPS) is 21.9. The third kappa shape index (κ3) is 2.38. The largest absolute Gasteiger partial charge is 0.353 e. The van der Waals surface area contributed by atoms with Crippen LogP contribution in [0.3, 0.4) is 0 Å². The van der Waals surface area contributed by atoms with Crippen molar-refractivity contribution in [2.24, 2.45) is 0 Å². The number of amides is 1. The molecular weight excluding hydrogens is 258 g/mol. The maximum absolute atomic E-state index is 12.7. The fourth-order valence-corrected chi connectivity index (χ4v) is 3.55. The van der Waals surface area contributed by atoms with E-state index >= 15 is 0 Å². The Morgan fingerprint density at radius 1 is 1.21 bits per heavy atom. The second-order valence-corrected chi connectivity index (χ2v) is 6.34. The van der Waals surface area contributed by atoms with Gasteiger partial charge < -0.3 is 5.32 Å². The zero-order valence-corrected chi connectivity index (χ0v) is 11.9. The Hall–Kier alpha value is -1.02. The SMILES string of the molecule is O=C(NC1CCCC1)C1(c2cccc(Cl)c2)CCC1. The second kappa shape index (κ2) is 5.16. The van der Waals surface area contributed by atoms with E-state index in [1.54, 1.807) is 0 Å². The van der Waals surface area contributed by atoms with Crippen molar-refractivity contribution in [1.29, 1.82) is 0 Å². The molecule has 1 amide bonds. The van der Waals surface area contributed by atoms with Crippen LogP contribution in [0, 0.1) is 0 Å². The van der Waals surface area contributed by atoms with Crippen LogP contribution in [0.5, 0.6) is 0 Å². The van der Waals surface area contributed by atoms with Gasteiger partial charge in [-0.25, -0.2) is 0 Å². The predicted octanol–water partition coefficient (Wildman–Crippen LogP) is 3.82. The van der Waals surface area contributed by atoms with Crippen molar-refractivity contribution in [3.8, 4) is 0 Å². The van der Waals surface area contributed by atoms with Crippen molar-refractivity contribution in [2.45, 2.75) is 56.4 Å². The Labute approximate surface area is 119 Å². The molecule has 2 saturated carbocycles. The fourth-order valence-electron chi connectivity index (χ4n) is 3.36. The van der Waals surface area contributed by atoms with Gasteiger partial charge in [-0.15, -0.1) is 0 Å². The maximum atomic E-state index is 12.7. The minimum absolute atomic E-state index is 0.216. The average molecular weight is 278 g/mol. The molecule has 0 aliphatic heterocycles. The van der Waals surface area contributed by atoms with E-state index in [2.05, 4.69) is 5.32 Å². The Morgan fingerprint density at radius 2 is 1.95 bits per heavy atom. The van der Waals surface area contributed by atoms with Gasteiger partial charge in [-0.2, -0.15) is 0 Å². The molecule has 2 aliphatic rings. The third-order valence-corrected chi connectivity index (χ3v) is 4.94. The number of carbonyl (C=O) groups is 1. The van der Waals surface area contributed by atoms with E-state index < -0.39 is 0 Å². The van der Waals surface area contributed by atoms with E-state index in [9.17, 15) is 4.79 Å². The summed E-state index contributed by atoms with van der Waals surface area (Å²) < 4.78 is 0. The summed E-state index contributed by atoms with van der Waals surface area (Å²) in [6.45, 7) is 0. The summed E-state index contributed by atoms with van der Waals surface area (Å²) in [4.78, 5) is 12.7. The van der Waals surface area contributed by atoms with E-state index in [-0.39, 0.29) is 11.3 Å². The van der Waals surface area contributed by atoms with Crippen molar-refractivity contribution in [1.82, 2.24) is 5.32 Å². The number of benzene rings is 1. The highest BCUT2D eigenvalue weighted by Crippen LogP contribution is 2.44. The Kier molecular flexibility index (Phi) is 3.53. The highest BCUT2D eigenvalue weighted by molar-refractivity contribution is 6.30. The van der Waals surface area contributed by atoms with Gasteiger partial charge >= 0.3 is 0 Å². The first-order valence-corrected chi connectivity index (χ1v) is 7.65. The lowest BCUT2D eigenvalue weighted by Gasteiger charge is -2.41. The van der Waals surface area contributed by atoms with Gasteiger partial charge in [0.15, 0.2) is 0 Å². The van der Waals surface area contributed by atoms with E-state index in [4.69, 9.17) is 11.6 Å². The monoisotopic (exact) mass is 277 g/mol. The third-order valence-electron chi connectivity index (χ3n) is 4.71. The highest BCUT2D eigenvalue weighted by atomic mass is 35.5. The molecule has 0 heterocycles. The molecule has 0 bridgehead atoms. The number of hydrogen-bond acceptors (Lipinski definition) is 1. The zero-order valence-electron chi connectivity index (χ0n) is 11.1. The molecule has 0 spiro atoms. The van der Waals surface area contributed by atoms with Gasteiger partial charge in [-0.1, -0.05) is 43.0 Å². The summed E-state index contributed by atoms with van der Waals surface area (Å²) in [5.41, 5.74) is 0.773. The molecule has 1 aromatic carbocycles. The highest BCUT2D eigenvalue weighted by Gasteiger charge is 2.46. The van der Waals surface area contributed by atoms with Gasteiger partial charge in [-0.05, 0) is 43.4 Å². The topological polar surface area (TPSA) is 29.1 Å². The summed E-state index contributed by atoms with van der Waals surface area (Å²) >= 11 is 6.08. The van der Waals surface area contributed by atoms with Gasteiger partial charge in [0.2, 0.25) is 5.91 Å². The smallest absolute Gasteiger partial charge is 0.230 e. The van der Waals surface area contributed by atoms with Crippen LogP contribution in [0.4, 0.5) is 0 Å². The number of rotatable bonds is 3. The van der Waals surface area contributed by atoms with Crippen LogP contribution >= 0.6 is 11.6 Å². The van der Waals surface area contributed by atoms with E-state index in [0.29, 0.717) is 6.04 Å². The van der Waals surface area contributed by atoms with Crippen LogP contribution < -0.4 is 5.32 Å². The second-order valence-electron chi connectivity index (χ2n) is 5.90. The summed E-state index contributed by atoms with van der Waals surface area (Å²) in [6, 6.07) is 8.20. The van der Waals surface area contributed by atoms with Crippen LogP contribution in [0.1, 0.15) is 50.5 Å². The molecule has 0 atom stereocenters. The molecule has 2 nitrogen and oxygen atoms in total. The molecule has 2 aliphatic carbocycles. The van der Waals surface area contributed by atoms with Gasteiger partial charge in [0.1, 0.15) is 0 Å². The molecule has 19 heavy (non-hydrogen) atoms. The Balaban J connectivity index is 1.80. The van der Waals surface area contributed by atoms with Crippen LogP contribution in [0.2, 0.25) is 5.02 Å². The number of carbonyl (C=O) groups excluding carboxylic acids is 1. The van der Waals surface area contributed by atoms with Crippen LogP contribution in [-0.2, 0) is 10.2 Å². The molecule has 2 fully saturated rings. The lowest BCUT2D eigenvalue weighted by molar-refractivity contribution is -0.130. The van der Waals surface area contributed by atoms with Crippen molar-refractivity contribution in [2.75, 3.05) is 0 Å². The molecule has 0 aromatic heterocycles. The first kappa shape index (κ1) is 13.0. The molecule has 3 heteroatoms. The Morgan fingerprint density at radius 3 is 2.53 bits per heavy atom. The molecule has 0 unspecified atom stereocenters. The van der Waals surface area contributed by atoms with Crippen molar-refractivity contribution < 1.29 is 4.79 Å². The van der Waals surface area contributed by atoms with Crippen molar-refractivity contribution >= 4 is 17.5 Å². The first-order valence-electron chi connectivity index (χ1n) is 7.28. The minimum Gasteiger partial charge on any atom is -0.353 e. The summed E-state index contributed by atoms with van der Waals surface area (Å²) in [5.74, 6) is 0.216. The van der Waals surface area contributed by atoms with E-state index in [1.165, 1.54) is 12.8 Å². The van der Waals surface area contributed by atoms with Crippen molar-refractivity contribution in [3.05, 3.63) is 34.9 Å². The molecule has 0 radical (unpaired) electrons. The van der Waals surface area contributed by atoms with Gasteiger partial charge in [0.05, 0.1) is 5.41 Å². The Bertz CT molecular complexity index is 475. The average Bonchev–Trinajstić information content (AvgIpc) is 2.80. The summed E-state index contributed by atoms with van der Waals surface area (Å²) in [7, 11) is 0. The lowest BCUT2D eigenvalue weighted by atomic mass is 9.63. The molecule has 0 saturated heterocycles. The summed E-state index contributed by atoms with van der Waals surface area (Å²) in [5, 5.41) is 3.98. The van der Waals surface area contributed by atoms with Crippen LogP contribution in [0.25, 0.3) is 0 Å². The first-order chi connectivity index (χ1) is 9.21. The maximum Gasteiger partial charge on any atom is 0.230 e. The van der Waals surface area contributed by atoms with Crippen molar-refractivity contribution in [3.63, 3.8) is 0 Å². The molecule has 3 rings (SSSR count). The predicted molar refractivity (Wildman–Crippen MR) is 77.4 cm³/mol. The fraction of sp³-hybridized carbons (Fsp3) is 0.562. The molecule has 102 valence electrons. The lowest BCUT2D eigenvalue weighted by Crippen LogP contribution is -2.51. The van der Waals surface area contributed by atoms with Gasteiger partial charge in [-0.3, -0.25) is 4.79 Å². The summed E-state index contributed by atoms with van der Waals surface area (Å²) in [6.07, 6.45) is 7.79. The standard InChI is InChI=1S/C16H20ClNO/c17-13-6-3-5-12(11-13)16(9-4-10-16)15(19)18-14-7-1-2-8-14/h3,5-6,11,14H,1-2,4,7-10H2,(H,18,19). The number of hydrogen-bond donors (Lipinski definition) is 1. The number of nitrogens with one attached hydrogen (secondary N) is 1. The minimum atomic E-state index is -0.312. The van der Waals surface area contributed by atoms with E-state index in [1.807, 2.05) is 24.3 Å². The quantitative estimate of drug-likeness (QED) is 0.894. The number of halogens is 1.